The summed E-state index contributed by atoms with van der Waals surface area (Å²) in [6, 6.07) is 8.72. The molecule has 5 aromatic rings. The predicted molar refractivity (Wildman–Crippen MR) is 258 cm³/mol. The summed E-state index contributed by atoms with van der Waals surface area (Å²) in [6.45, 7) is 3.71. The molecule has 2 fully saturated rings. The lowest BCUT2D eigenvalue weighted by Gasteiger charge is -2.32. The predicted octanol–water partition coefficient (Wildman–Crippen LogP) is 2.76. The lowest BCUT2D eigenvalue weighted by molar-refractivity contribution is -0.143. The van der Waals surface area contributed by atoms with Gasteiger partial charge >= 0.3 is 0 Å². The SMILES string of the molecule is CC[C@H](C)[C@@H]1NC(=O)C(CC(N)=O)NC(=O)CCC(=O)NCCCC[C@@H](C(N)=O)NC(=O)[C@H](Cc2csc3ccccc23)NC(=O)[C@@H]2C[C@H](n3cc(-c4ccc(-c5cccs5)s4)nn3)CN2C1=O. The van der Waals surface area contributed by atoms with Crippen molar-refractivity contribution in [3.63, 3.8) is 0 Å². The molecule has 7 rings (SSSR count). The van der Waals surface area contributed by atoms with Crippen molar-refractivity contribution in [3.8, 4) is 20.3 Å². The van der Waals surface area contributed by atoms with Crippen LogP contribution in [-0.4, -0.2) is 110 Å². The van der Waals surface area contributed by atoms with Crippen LogP contribution >= 0.6 is 34.0 Å². The van der Waals surface area contributed by atoms with Gasteiger partial charge in [-0.2, -0.15) is 0 Å². The second-order valence-electron chi connectivity index (χ2n) is 17.1. The molecule has 22 heteroatoms. The van der Waals surface area contributed by atoms with Gasteiger partial charge in [0.25, 0.3) is 0 Å². The molecule has 0 aliphatic carbocycles. The average molecular weight is 986 g/mol. The van der Waals surface area contributed by atoms with Crippen molar-refractivity contribution in [2.45, 2.75) is 108 Å². The summed E-state index contributed by atoms with van der Waals surface area (Å²) in [6.07, 6.45) is 1.98. The largest absolute Gasteiger partial charge is 0.370 e. The highest BCUT2D eigenvalue weighted by molar-refractivity contribution is 7.23. The molecular weight excluding hydrogens is 931 g/mol. The number of hydrogen-bond donors (Lipinski definition) is 7. The van der Waals surface area contributed by atoms with E-state index in [1.807, 2.05) is 66.2 Å². The van der Waals surface area contributed by atoms with Gasteiger partial charge < -0.3 is 43.0 Å². The van der Waals surface area contributed by atoms with Crippen LogP contribution < -0.4 is 38.1 Å². The third-order valence-electron chi connectivity index (χ3n) is 12.3. The van der Waals surface area contributed by atoms with Gasteiger partial charge in [0.2, 0.25) is 47.3 Å². The van der Waals surface area contributed by atoms with E-state index in [-0.39, 0.29) is 45.2 Å². The number of aromatic nitrogens is 3. The molecule has 1 aromatic carbocycles. The molecule has 68 heavy (non-hydrogen) atoms. The van der Waals surface area contributed by atoms with Crippen molar-refractivity contribution in [1.29, 1.82) is 0 Å². The minimum Gasteiger partial charge on any atom is -0.370 e. The molecule has 2 aliphatic rings. The van der Waals surface area contributed by atoms with E-state index in [0.29, 0.717) is 25.0 Å². The quantitative estimate of drug-likeness (QED) is 0.107. The molecule has 1 unspecified atom stereocenters. The highest BCUT2D eigenvalue weighted by Crippen LogP contribution is 2.37. The van der Waals surface area contributed by atoms with Gasteiger partial charge in [-0.15, -0.1) is 39.1 Å². The first kappa shape index (κ1) is 49.4. The second-order valence-corrected chi connectivity index (χ2v) is 20.1. The van der Waals surface area contributed by atoms with E-state index in [1.165, 1.54) is 16.2 Å². The average Bonchev–Trinajstić information content (AvgIpc) is 4.18. The van der Waals surface area contributed by atoms with Crippen molar-refractivity contribution in [1.82, 2.24) is 46.5 Å². The monoisotopic (exact) mass is 985 g/mol. The van der Waals surface area contributed by atoms with E-state index in [1.54, 1.807) is 40.5 Å². The molecule has 2 aliphatic heterocycles. The smallest absolute Gasteiger partial charge is 0.246 e. The third-order valence-corrected chi connectivity index (χ3v) is 15.5. The molecule has 8 amide bonds. The number of amides is 8. The first-order valence-corrected chi connectivity index (χ1v) is 25.1. The Kier molecular flexibility index (Phi) is 16.4. The fourth-order valence-corrected chi connectivity index (χ4v) is 11.1. The van der Waals surface area contributed by atoms with E-state index in [2.05, 4.69) is 36.9 Å². The van der Waals surface area contributed by atoms with Crippen LogP contribution in [0.3, 0.4) is 0 Å². The van der Waals surface area contributed by atoms with Gasteiger partial charge in [-0.05, 0) is 71.2 Å². The summed E-state index contributed by atoms with van der Waals surface area (Å²) in [7, 11) is 0. The maximum atomic E-state index is 15.0. The zero-order valence-electron chi connectivity index (χ0n) is 37.6. The Morgan fingerprint density at radius 3 is 2.35 bits per heavy atom. The molecule has 19 nitrogen and oxygen atoms in total. The molecule has 6 heterocycles. The van der Waals surface area contributed by atoms with Crippen LogP contribution in [-0.2, 0) is 44.8 Å². The molecule has 360 valence electrons. The molecule has 4 aromatic heterocycles. The van der Waals surface area contributed by atoms with Crippen LogP contribution in [0.15, 0.2) is 65.5 Å². The van der Waals surface area contributed by atoms with Crippen molar-refractivity contribution in [2.75, 3.05) is 13.1 Å². The Morgan fingerprint density at radius 2 is 1.60 bits per heavy atom. The summed E-state index contributed by atoms with van der Waals surface area (Å²) >= 11 is 4.65. The molecule has 2 saturated heterocycles. The number of benzene rings is 1. The number of nitrogens with two attached hydrogens (primary N) is 2. The topological polar surface area (TPSA) is 283 Å². The first-order valence-electron chi connectivity index (χ1n) is 22.5. The number of hydrogen-bond acceptors (Lipinski definition) is 13. The standard InChI is InChI=1S/C46H55N11O8S3/c1-3-25(2)41-46(65)56-22-27(57-23-32(54-55-57)35-13-14-37(68-35)36-12-8-18-66-36)20-33(56)45(64)52-30(19-26-24-67-34-11-5-4-9-28(26)34)43(62)51-29(42(48)61)10-6-7-17-49-39(59)15-16-40(60)50-31(21-38(47)58)44(63)53-41/h4-5,8-9,11-14,18,23-25,27,29-31,33,41H,3,6-7,10,15-17,19-22H2,1-2H3,(H2,47,58)(H2,48,61)(H,49,59)(H,50,60)(H,51,62)(H,52,64)(H,53,63)/t25-,27-,29-,30-,31?,33-,41-/m0/s1. The summed E-state index contributed by atoms with van der Waals surface area (Å²) in [4.78, 5) is 113. The van der Waals surface area contributed by atoms with Crippen LogP contribution in [0, 0.1) is 5.92 Å². The number of carbonyl (C=O) groups is 8. The van der Waals surface area contributed by atoms with E-state index >= 15 is 4.79 Å². The Bertz CT molecular complexity index is 2640. The minimum absolute atomic E-state index is 0.0302. The van der Waals surface area contributed by atoms with Gasteiger partial charge in [-0.25, -0.2) is 4.68 Å². The first-order chi connectivity index (χ1) is 32.7. The fourth-order valence-electron chi connectivity index (χ4n) is 8.35. The van der Waals surface area contributed by atoms with Crippen molar-refractivity contribution in [3.05, 3.63) is 71.1 Å². The zero-order valence-corrected chi connectivity index (χ0v) is 40.1. The van der Waals surface area contributed by atoms with Gasteiger partial charge in [-0.3, -0.25) is 38.4 Å². The summed E-state index contributed by atoms with van der Waals surface area (Å²) in [5, 5.41) is 27.3. The Balaban J connectivity index is 1.24. The summed E-state index contributed by atoms with van der Waals surface area (Å²) in [5.41, 5.74) is 12.7. The van der Waals surface area contributed by atoms with Crippen molar-refractivity contribution >= 4 is 91.4 Å². The molecular formula is C46H55N11O8S3. The molecule has 0 radical (unpaired) electrons. The molecule has 0 saturated carbocycles. The van der Waals surface area contributed by atoms with Gasteiger partial charge in [0.05, 0.1) is 23.5 Å². The molecule has 9 N–H and O–H groups in total. The molecule has 0 bridgehead atoms. The maximum absolute atomic E-state index is 15.0. The number of primary amides is 2. The van der Waals surface area contributed by atoms with E-state index in [0.717, 1.165) is 30.3 Å². The highest BCUT2D eigenvalue weighted by Gasteiger charge is 2.45. The van der Waals surface area contributed by atoms with Crippen LogP contribution in [0.2, 0.25) is 0 Å². The molecule has 0 spiro atoms. The van der Waals surface area contributed by atoms with Gasteiger partial charge in [0, 0.05) is 53.2 Å². The Morgan fingerprint density at radius 1 is 0.838 bits per heavy atom. The lowest BCUT2D eigenvalue weighted by atomic mass is 9.96. The summed E-state index contributed by atoms with van der Waals surface area (Å²) in [5.74, 6) is -6.19. The minimum atomic E-state index is -1.48. The highest BCUT2D eigenvalue weighted by atomic mass is 32.1. The van der Waals surface area contributed by atoms with Crippen LogP contribution in [0.1, 0.15) is 76.8 Å². The summed E-state index contributed by atoms with van der Waals surface area (Å²) < 4.78 is 2.57. The number of thiophene rings is 3. The number of rotatable bonds is 10. The fraction of sp³-hybridized carbons (Fsp3) is 0.435. The number of carbonyl (C=O) groups excluding carboxylic acids is 8. The van der Waals surface area contributed by atoms with Crippen molar-refractivity contribution < 1.29 is 38.4 Å². The van der Waals surface area contributed by atoms with Crippen LogP contribution in [0.4, 0.5) is 0 Å². The zero-order chi connectivity index (χ0) is 48.5. The van der Waals surface area contributed by atoms with Gasteiger partial charge in [-0.1, -0.05) is 49.7 Å². The van der Waals surface area contributed by atoms with E-state index < -0.39 is 95.8 Å². The Labute approximate surface area is 404 Å². The number of nitrogens with one attached hydrogen (secondary N) is 5. The lowest BCUT2D eigenvalue weighted by Crippen LogP contribution is -2.60. The van der Waals surface area contributed by atoms with E-state index in [9.17, 15) is 33.6 Å². The number of fused-ring (bicyclic) bond motifs is 2. The second kappa shape index (κ2) is 22.5. The van der Waals surface area contributed by atoms with Gasteiger partial charge in [0.1, 0.15) is 35.9 Å². The number of nitrogens with zero attached hydrogens (tertiary/aromatic N) is 4. The third kappa shape index (κ3) is 12.1. The normalized spacial score (nSPS) is 23.5. The Hall–Kier alpha value is -6.52. The van der Waals surface area contributed by atoms with E-state index in [4.69, 9.17) is 11.5 Å². The van der Waals surface area contributed by atoms with Crippen LogP contribution in [0.25, 0.3) is 30.4 Å². The molecule has 7 atom stereocenters. The van der Waals surface area contributed by atoms with Crippen molar-refractivity contribution in [2.24, 2.45) is 17.4 Å². The maximum Gasteiger partial charge on any atom is 0.246 e. The van der Waals surface area contributed by atoms with Gasteiger partial charge in [0.15, 0.2) is 0 Å². The van der Waals surface area contributed by atoms with Crippen LogP contribution in [0.5, 0.6) is 0 Å².